The summed E-state index contributed by atoms with van der Waals surface area (Å²) in [7, 11) is 1.48. The zero-order valence-electron chi connectivity index (χ0n) is 6.37. The van der Waals surface area contributed by atoms with E-state index in [1.807, 2.05) is 0 Å². The van der Waals surface area contributed by atoms with Gasteiger partial charge in [0.2, 0.25) is 5.88 Å². The summed E-state index contributed by atoms with van der Waals surface area (Å²) in [5, 5.41) is 9.22. The predicted molar refractivity (Wildman–Crippen MR) is 54.6 cm³/mol. The minimum absolute atomic E-state index is 0.260. The van der Waals surface area contributed by atoms with Gasteiger partial charge in [-0.05, 0) is 0 Å². The maximum Gasteiger partial charge on any atom is 0.341 e. The molecule has 1 aromatic heterocycles. The van der Waals surface area contributed by atoms with E-state index in [2.05, 4.69) is 0 Å². The number of aromatic hydroxyl groups is 1. The second-order valence-corrected chi connectivity index (χ2v) is 6.33. The second-order valence-electron chi connectivity index (χ2n) is 2.21. The first-order valence-corrected chi connectivity index (χ1v) is 4.95. The average molecular weight is 264 g/mol. The van der Waals surface area contributed by atoms with Gasteiger partial charge in [0.15, 0.2) is 0 Å². The van der Waals surface area contributed by atoms with Crippen LogP contribution in [-0.2, 0) is 7.05 Å². The Bertz CT molecular complexity index is 367. The second kappa shape index (κ2) is 3.65. The van der Waals surface area contributed by atoms with E-state index < -0.39 is 8.81 Å². The van der Waals surface area contributed by atoms with Gasteiger partial charge in [0.25, 0.3) is 3.12 Å². The van der Waals surface area contributed by atoms with Gasteiger partial charge in [-0.25, -0.2) is 4.79 Å². The number of aryl methyl sites for hydroxylation is 1. The Balaban J connectivity index is 3.09. The third-order valence-corrected chi connectivity index (χ3v) is 2.54. The quantitative estimate of drug-likeness (QED) is 0.785. The van der Waals surface area contributed by atoms with Crippen molar-refractivity contribution in [1.29, 1.82) is 0 Å². The molecule has 0 amide bonds. The molecule has 0 fully saturated rings. The van der Waals surface area contributed by atoms with Crippen molar-refractivity contribution in [3.63, 3.8) is 0 Å². The normalized spacial score (nSPS) is 12.0. The van der Waals surface area contributed by atoms with Gasteiger partial charge < -0.3 is 5.11 Å². The smallest absolute Gasteiger partial charge is 0.341 e. The summed E-state index contributed by atoms with van der Waals surface area (Å²) < 4.78 is 0.397. The summed E-state index contributed by atoms with van der Waals surface area (Å²) in [4.78, 5) is 11.2. The lowest BCUT2D eigenvalue weighted by Gasteiger charge is -2.09. The standard InChI is InChI=1S/C5H5Cl3N2O2S/c1-9-2-3(11)10(4(9)12)13-5(6,7)8/h2,11H,1H3. The predicted octanol–water partition coefficient (Wildman–Crippen LogP) is 1.72. The largest absolute Gasteiger partial charge is 0.493 e. The highest BCUT2D eigenvalue weighted by Gasteiger charge is 2.25. The summed E-state index contributed by atoms with van der Waals surface area (Å²) in [5.74, 6) is -0.260. The average Bonchev–Trinajstić information content (AvgIpc) is 2.14. The van der Waals surface area contributed by atoms with Crippen LogP contribution in [0.5, 0.6) is 5.88 Å². The van der Waals surface area contributed by atoms with Crippen molar-refractivity contribution in [2.24, 2.45) is 7.05 Å². The van der Waals surface area contributed by atoms with Crippen LogP contribution in [0, 0.1) is 0 Å². The van der Waals surface area contributed by atoms with E-state index in [1.165, 1.54) is 17.8 Å². The van der Waals surface area contributed by atoms with Crippen molar-refractivity contribution < 1.29 is 5.11 Å². The van der Waals surface area contributed by atoms with E-state index in [1.54, 1.807) is 0 Å². The van der Waals surface area contributed by atoms with Crippen LogP contribution >= 0.6 is 46.8 Å². The van der Waals surface area contributed by atoms with Gasteiger partial charge in [-0.15, -0.1) is 0 Å². The molecule has 74 valence electrons. The van der Waals surface area contributed by atoms with Crippen LogP contribution in [0.15, 0.2) is 11.0 Å². The number of rotatable bonds is 1. The number of alkyl halides is 3. The van der Waals surface area contributed by atoms with Crippen LogP contribution in [0.3, 0.4) is 0 Å². The lowest BCUT2D eigenvalue weighted by Crippen LogP contribution is -2.20. The van der Waals surface area contributed by atoms with Gasteiger partial charge in [0.05, 0.1) is 6.20 Å². The molecule has 0 aromatic carbocycles. The maximum absolute atomic E-state index is 11.2. The van der Waals surface area contributed by atoms with Crippen LogP contribution in [0.2, 0.25) is 0 Å². The van der Waals surface area contributed by atoms with Gasteiger partial charge in [-0.1, -0.05) is 34.8 Å². The van der Waals surface area contributed by atoms with Crippen molar-refractivity contribution in [1.82, 2.24) is 8.54 Å². The van der Waals surface area contributed by atoms with Crippen LogP contribution < -0.4 is 5.69 Å². The lowest BCUT2D eigenvalue weighted by atomic mass is 10.8. The first kappa shape index (κ1) is 11.1. The molecule has 0 aliphatic heterocycles. The van der Waals surface area contributed by atoms with Crippen molar-refractivity contribution in [2.75, 3.05) is 0 Å². The highest BCUT2D eigenvalue weighted by molar-refractivity contribution is 8.03. The third kappa shape index (κ3) is 2.74. The molecular weight excluding hydrogens is 258 g/mol. The fourth-order valence-electron chi connectivity index (χ4n) is 0.711. The summed E-state index contributed by atoms with van der Waals surface area (Å²) >= 11 is 16.9. The minimum Gasteiger partial charge on any atom is -0.493 e. The molecular formula is C5H5Cl3N2O2S. The molecule has 0 bridgehead atoms. The molecule has 0 atom stereocenters. The van der Waals surface area contributed by atoms with E-state index in [-0.39, 0.29) is 5.88 Å². The van der Waals surface area contributed by atoms with Gasteiger partial charge in [0.1, 0.15) is 0 Å². The minimum atomic E-state index is -1.68. The number of halogens is 3. The van der Waals surface area contributed by atoms with Crippen LogP contribution in [0.4, 0.5) is 0 Å². The molecule has 0 saturated carbocycles. The van der Waals surface area contributed by atoms with Gasteiger partial charge in [0, 0.05) is 19.0 Å². The molecule has 4 nitrogen and oxygen atoms in total. The van der Waals surface area contributed by atoms with Gasteiger partial charge in [-0.3, -0.25) is 4.57 Å². The Labute approximate surface area is 93.1 Å². The molecule has 0 unspecified atom stereocenters. The molecule has 1 heterocycles. The molecule has 13 heavy (non-hydrogen) atoms. The zero-order chi connectivity index (χ0) is 10.2. The molecule has 1 aromatic rings. The molecule has 8 heteroatoms. The van der Waals surface area contributed by atoms with Crippen molar-refractivity contribution in [3.05, 3.63) is 16.7 Å². The Morgan fingerprint density at radius 2 is 2.08 bits per heavy atom. The summed E-state index contributed by atoms with van der Waals surface area (Å²) in [6.07, 6.45) is 1.23. The number of hydrogen-bond donors (Lipinski definition) is 1. The summed E-state index contributed by atoms with van der Waals surface area (Å²) in [6, 6.07) is 0. The van der Waals surface area contributed by atoms with Crippen LogP contribution in [-0.4, -0.2) is 16.8 Å². The highest BCUT2D eigenvalue weighted by Crippen LogP contribution is 2.40. The first-order valence-electron chi connectivity index (χ1n) is 3.05. The van der Waals surface area contributed by atoms with E-state index in [0.29, 0.717) is 11.9 Å². The molecule has 0 saturated heterocycles. The van der Waals surface area contributed by atoms with Gasteiger partial charge in [-0.2, -0.15) is 3.97 Å². The highest BCUT2D eigenvalue weighted by atomic mass is 35.6. The fraction of sp³-hybridized carbons (Fsp3) is 0.400. The Morgan fingerprint density at radius 1 is 1.54 bits per heavy atom. The third-order valence-electron chi connectivity index (χ3n) is 1.19. The molecule has 1 rings (SSSR count). The molecule has 0 spiro atoms. The summed E-state index contributed by atoms with van der Waals surface area (Å²) in [6.45, 7) is 0. The fourth-order valence-corrected chi connectivity index (χ4v) is 1.89. The van der Waals surface area contributed by atoms with E-state index in [9.17, 15) is 9.90 Å². The maximum atomic E-state index is 11.2. The van der Waals surface area contributed by atoms with Crippen LogP contribution in [0.1, 0.15) is 0 Å². The first-order chi connectivity index (χ1) is 5.81. The topological polar surface area (TPSA) is 47.2 Å². The number of imidazole rings is 1. The molecule has 0 aliphatic carbocycles. The lowest BCUT2D eigenvalue weighted by molar-refractivity contribution is 0.449. The number of aromatic nitrogens is 2. The molecule has 0 radical (unpaired) electrons. The Hall–Kier alpha value is 0.0300. The van der Waals surface area contributed by atoms with Crippen molar-refractivity contribution >= 4 is 46.8 Å². The number of nitrogens with zero attached hydrogens (tertiary/aromatic N) is 2. The number of hydrogen-bond acceptors (Lipinski definition) is 3. The SMILES string of the molecule is Cn1cc(O)n(SC(Cl)(Cl)Cl)c1=O. The van der Waals surface area contributed by atoms with Crippen molar-refractivity contribution in [2.45, 2.75) is 3.12 Å². The Kier molecular flexibility index (Phi) is 3.12. The van der Waals surface area contributed by atoms with E-state index in [4.69, 9.17) is 34.8 Å². The molecule has 0 aliphatic rings. The van der Waals surface area contributed by atoms with Gasteiger partial charge >= 0.3 is 5.69 Å². The van der Waals surface area contributed by atoms with Crippen molar-refractivity contribution in [3.8, 4) is 5.88 Å². The Morgan fingerprint density at radius 3 is 2.38 bits per heavy atom. The summed E-state index contributed by atoms with van der Waals surface area (Å²) in [5.41, 5.74) is -0.464. The van der Waals surface area contributed by atoms with Crippen LogP contribution in [0.25, 0.3) is 0 Å². The van der Waals surface area contributed by atoms with E-state index >= 15 is 0 Å². The molecule has 1 N–H and O–H groups in total. The monoisotopic (exact) mass is 262 g/mol. The zero-order valence-corrected chi connectivity index (χ0v) is 9.45. The van der Waals surface area contributed by atoms with E-state index in [0.717, 1.165) is 3.97 Å².